The van der Waals surface area contributed by atoms with Gasteiger partial charge >= 0.3 is 0 Å². The monoisotopic (exact) mass is 266 g/mol. The molecule has 0 saturated carbocycles. The number of hydrogen-bond acceptors (Lipinski definition) is 4. The van der Waals surface area contributed by atoms with Crippen LogP contribution in [0, 0.1) is 0 Å². The lowest BCUT2D eigenvalue weighted by Crippen LogP contribution is -2.25. The standard InChI is InChI=1S/C15H26N2O2/c1-6-17-15(7-12(4)18-5)13-8-14(10-16-9-13)19-11(2)3/h8-12,15,17H,6-7H2,1-5H3. The van der Waals surface area contributed by atoms with Crippen molar-refractivity contribution in [2.24, 2.45) is 0 Å². The molecule has 1 rings (SSSR count). The highest BCUT2D eigenvalue weighted by molar-refractivity contribution is 5.26. The molecule has 4 nitrogen and oxygen atoms in total. The molecule has 0 saturated heterocycles. The summed E-state index contributed by atoms with van der Waals surface area (Å²) in [5, 5.41) is 3.47. The number of rotatable bonds is 8. The fourth-order valence-corrected chi connectivity index (χ4v) is 1.97. The first kappa shape index (κ1) is 15.9. The Kier molecular flexibility index (Phi) is 6.81. The zero-order valence-corrected chi connectivity index (χ0v) is 12.6. The fraction of sp³-hybridized carbons (Fsp3) is 0.667. The molecule has 2 unspecified atom stereocenters. The highest BCUT2D eigenvalue weighted by Gasteiger charge is 2.15. The van der Waals surface area contributed by atoms with E-state index in [4.69, 9.17) is 9.47 Å². The van der Waals surface area contributed by atoms with Crippen molar-refractivity contribution in [2.75, 3.05) is 13.7 Å². The van der Waals surface area contributed by atoms with Crippen LogP contribution in [0.2, 0.25) is 0 Å². The van der Waals surface area contributed by atoms with E-state index in [0.717, 1.165) is 24.3 Å². The summed E-state index contributed by atoms with van der Waals surface area (Å²) in [5.74, 6) is 0.820. The first-order chi connectivity index (χ1) is 9.06. The van der Waals surface area contributed by atoms with E-state index in [9.17, 15) is 0 Å². The lowest BCUT2D eigenvalue weighted by atomic mass is 10.0. The van der Waals surface area contributed by atoms with E-state index in [1.165, 1.54) is 0 Å². The maximum atomic E-state index is 5.69. The fourth-order valence-electron chi connectivity index (χ4n) is 1.97. The molecule has 0 aliphatic rings. The smallest absolute Gasteiger partial charge is 0.138 e. The van der Waals surface area contributed by atoms with E-state index in [0.29, 0.717) is 0 Å². The molecule has 2 atom stereocenters. The summed E-state index contributed by atoms with van der Waals surface area (Å²) in [5.41, 5.74) is 1.14. The second-order valence-electron chi connectivity index (χ2n) is 5.01. The number of nitrogens with one attached hydrogen (secondary N) is 1. The van der Waals surface area contributed by atoms with Gasteiger partial charge in [0.15, 0.2) is 0 Å². The Bertz CT molecular complexity index is 369. The molecule has 0 fully saturated rings. The summed E-state index contributed by atoms with van der Waals surface area (Å²) in [4.78, 5) is 4.27. The molecule has 0 aliphatic heterocycles. The van der Waals surface area contributed by atoms with Crippen LogP contribution < -0.4 is 10.1 Å². The molecule has 0 aliphatic carbocycles. The van der Waals surface area contributed by atoms with Crippen molar-refractivity contribution in [3.05, 3.63) is 24.0 Å². The van der Waals surface area contributed by atoms with Gasteiger partial charge in [0.2, 0.25) is 0 Å². The first-order valence-electron chi connectivity index (χ1n) is 6.94. The van der Waals surface area contributed by atoms with Gasteiger partial charge in [0.25, 0.3) is 0 Å². The third kappa shape index (κ3) is 5.57. The number of aromatic nitrogens is 1. The maximum Gasteiger partial charge on any atom is 0.138 e. The molecule has 0 spiro atoms. The van der Waals surface area contributed by atoms with Crippen LogP contribution in [-0.2, 0) is 4.74 Å². The Labute approximate surface area is 116 Å². The molecule has 1 heterocycles. The second kappa shape index (κ2) is 8.12. The van der Waals surface area contributed by atoms with Gasteiger partial charge in [-0.1, -0.05) is 6.92 Å². The van der Waals surface area contributed by atoms with E-state index >= 15 is 0 Å². The Morgan fingerprint density at radius 1 is 1.26 bits per heavy atom. The topological polar surface area (TPSA) is 43.4 Å². The van der Waals surface area contributed by atoms with Gasteiger partial charge in [0, 0.05) is 19.3 Å². The van der Waals surface area contributed by atoms with Gasteiger partial charge in [-0.3, -0.25) is 4.98 Å². The van der Waals surface area contributed by atoms with E-state index in [2.05, 4.69) is 30.2 Å². The van der Waals surface area contributed by atoms with E-state index in [1.54, 1.807) is 13.3 Å². The number of hydrogen-bond donors (Lipinski definition) is 1. The van der Waals surface area contributed by atoms with Gasteiger partial charge in [-0.05, 0) is 45.4 Å². The van der Waals surface area contributed by atoms with Gasteiger partial charge in [-0.2, -0.15) is 0 Å². The van der Waals surface area contributed by atoms with Crippen LogP contribution in [0.1, 0.15) is 45.7 Å². The first-order valence-corrected chi connectivity index (χ1v) is 6.94. The van der Waals surface area contributed by atoms with Gasteiger partial charge in [0.05, 0.1) is 18.4 Å². The van der Waals surface area contributed by atoms with Crippen molar-refractivity contribution in [3.8, 4) is 5.75 Å². The van der Waals surface area contributed by atoms with Gasteiger partial charge in [-0.25, -0.2) is 0 Å². The van der Waals surface area contributed by atoms with Gasteiger partial charge in [0.1, 0.15) is 5.75 Å². The SMILES string of the molecule is CCNC(CC(C)OC)c1cncc(OC(C)C)c1. The molecule has 1 aromatic rings. The number of pyridine rings is 1. The third-order valence-corrected chi connectivity index (χ3v) is 2.93. The Hall–Kier alpha value is -1.13. The van der Waals surface area contributed by atoms with Crippen LogP contribution >= 0.6 is 0 Å². The average Bonchev–Trinajstić information content (AvgIpc) is 2.37. The van der Waals surface area contributed by atoms with Crippen LogP contribution in [0.15, 0.2) is 18.5 Å². The van der Waals surface area contributed by atoms with E-state index in [-0.39, 0.29) is 18.2 Å². The summed E-state index contributed by atoms with van der Waals surface area (Å²) in [6, 6.07) is 2.30. The largest absolute Gasteiger partial charge is 0.489 e. The minimum Gasteiger partial charge on any atom is -0.489 e. The summed E-state index contributed by atoms with van der Waals surface area (Å²) < 4.78 is 11.0. The number of nitrogens with zero attached hydrogens (tertiary/aromatic N) is 1. The molecular weight excluding hydrogens is 240 g/mol. The molecule has 108 valence electrons. The van der Waals surface area contributed by atoms with Crippen molar-refractivity contribution < 1.29 is 9.47 Å². The zero-order chi connectivity index (χ0) is 14.3. The highest BCUT2D eigenvalue weighted by Crippen LogP contribution is 2.23. The molecule has 0 aromatic carbocycles. The molecule has 0 radical (unpaired) electrons. The Balaban J connectivity index is 2.82. The molecule has 19 heavy (non-hydrogen) atoms. The highest BCUT2D eigenvalue weighted by atomic mass is 16.5. The lowest BCUT2D eigenvalue weighted by Gasteiger charge is -2.22. The van der Waals surface area contributed by atoms with Crippen molar-refractivity contribution in [1.29, 1.82) is 0 Å². The molecular formula is C15H26N2O2. The Morgan fingerprint density at radius 2 is 2.00 bits per heavy atom. The summed E-state index contributed by atoms with van der Waals surface area (Å²) >= 11 is 0. The predicted octanol–water partition coefficient (Wildman–Crippen LogP) is 2.94. The third-order valence-electron chi connectivity index (χ3n) is 2.93. The minimum absolute atomic E-state index is 0.160. The van der Waals surface area contributed by atoms with E-state index < -0.39 is 0 Å². The summed E-state index contributed by atoms with van der Waals surface area (Å²) in [6.07, 6.45) is 4.93. The van der Waals surface area contributed by atoms with Crippen molar-refractivity contribution in [2.45, 2.75) is 52.4 Å². The number of methoxy groups -OCH3 is 1. The molecule has 0 amide bonds. The van der Waals surface area contributed by atoms with Crippen molar-refractivity contribution >= 4 is 0 Å². The van der Waals surface area contributed by atoms with E-state index in [1.807, 2.05) is 20.0 Å². The molecule has 1 aromatic heterocycles. The Morgan fingerprint density at radius 3 is 2.58 bits per heavy atom. The van der Waals surface area contributed by atoms with Gasteiger partial charge < -0.3 is 14.8 Å². The normalized spacial score (nSPS) is 14.4. The summed E-state index contributed by atoms with van der Waals surface area (Å²) in [7, 11) is 1.74. The van der Waals surface area contributed by atoms with Crippen molar-refractivity contribution in [3.63, 3.8) is 0 Å². The van der Waals surface area contributed by atoms with Crippen LogP contribution in [0.3, 0.4) is 0 Å². The van der Waals surface area contributed by atoms with Crippen LogP contribution in [0.5, 0.6) is 5.75 Å². The maximum absolute atomic E-state index is 5.69. The molecule has 4 heteroatoms. The lowest BCUT2D eigenvalue weighted by molar-refractivity contribution is 0.100. The quantitative estimate of drug-likeness (QED) is 0.785. The molecule has 0 bridgehead atoms. The molecule has 1 N–H and O–H groups in total. The van der Waals surface area contributed by atoms with Crippen LogP contribution in [0.25, 0.3) is 0 Å². The average molecular weight is 266 g/mol. The van der Waals surface area contributed by atoms with Crippen LogP contribution in [0.4, 0.5) is 0 Å². The number of ether oxygens (including phenoxy) is 2. The zero-order valence-electron chi connectivity index (χ0n) is 12.6. The second-order valence-corrected chi connectivity index (χ2v) is 5.01. The van der Waals surface area contributed by atoms with Gasteiger partial charge in [-0.15, -0.1) is 0 Å². The van der Waals surface area contributed by atoms with Crippen molar-refractivity contribution in [1.82, 2.24) is 10.3 Å². The predicted molar refractivity (Wildman–Crippen MR) is 77.5 cm³/mol. The van der Waals surface area contributed by atoms with Crippen LogP contribution in [-0.4, -0.2) is 30.8 Å². The minimum atomic E-state index is 0.160. The summed E-state index contributed by atoms with van der Waals surface area (Å²) in [6.45, 7) is 9.12.